The minimum Gasteiger partial charge on any atom is -0.325 e. The van der Waals surface area contributed by atoms with Crippen molar-refractivity contribution in [3.05, 3.63) is 0 Å². The van der Waals surface area contributed by atoms with E-state index in [1.165, 1.54) is 0 Å². The molecular formula is C8H20NO2P. The summed E-state index contributed by atoms with van der Waals surface area (Å²) in [6, 6.07) is 0.909. The molecule has 0 radical (unpaired) electrons. The Morgan fingerprint density at radius 3 is 1.33 bits per heavy atom. The number of hydrogen-bond acceptors (Lipinski definition) is 3. The Kier molecular flexibility index (Phi) is 6.02. The molecule has 74 valence electrons. The third kappa shape index (κ3) is 3.36. The van der Waals surface area contributed by atoms with E-state index in [0.717, 1.165) is 0 Å². The second-order valence-corrected chi connectivity index (χ2v) is 4.84. The van der Waals surface area contributed by atoms with E-state index in [1.807, 2.05) is 0 Å². The van der Waals surface area contributed by atoms with Crippen LogP contribution in [0.4, 0.5) is 0 Å². The van der Waals surface area contributed by atoms with Gasteiger partial charge in [-0.2, -0.15) is 0 Å². The van der Waals surface area contributed by atoms with Gasteiger partial charge in [-0.05, 0) is 27.7 Å². The number of hydrogen-bond donors (Lipinski definition) is 0. The summed E-state index contributed by atoms with van der Waals surface area (Å²) in [6.45, 7) is 8.58. The van der Waals surface area contributed by atoms with Crippen LogP contribution in [0.25, 0.3) is 0 Å². The van der Waals surface area contributed by atoms with E-state index in [1.54, 1.807) is 14.2 Å². The Balaban J connectivity index is 4.26. The lowest BCUT2D eigenvalue weighted by Gasteiger charge is -2.33. The molecule has 0 saturated heterocycles. The molecule has 0 heterocycles. The quantitative estimate of drug-likeness (QED) is 0.626. The zero-order chi connectivity index (χ0) is 9.72. The molecule has 0 N–H and O–H groups in total. The molecule has 0 rings (SSSR count). The molecule has 0 aliphatic heterocycles. The molecule has 0 bridgehead atoms. The largest absolute Gasteiger partial charge is 0.325 e. The van der Waals surface area contributed by atoms with E-state index in [4.69, 9.17) is 9.05 Å². The van der Waals surface area contributed by atoms with Crippen molar-refractivity contribution in [1.29, 1.82) is 0 Å². The van der Waals surface area contributed by atoms with Crippen LogP contribution in [0.2, 0.25) is 0 Å². The highest BCUT2D eigenvalue weighted by molar-refractivity contribution is 7.44. The van der Waals surface area contributed by atoms with Crippen molar-refractivity contribution in [2.24, 2.45) is 0 Å². The van der Waals surface area contributed by atoms with E-state index >= 15 is 0 Å². The van der Waals surface area contributed by atoms with Crippen molar-refractivity contribution in [2.75, 3.05) is 14.2 Å². The van der Waals surface area contributed by atoms with Gasteiger partial charge in [0.25, 0.3) is 8.53 Å². The highest BCUT2D eigenvalue weighted by Crippen LogP contribution is 2.43. The third-order valence-corrected chi connectivity index (χ3v) is 3.48. The molecule has 0 fully saturated rings. The molecule has 0 amide bonds. The van der Waals surface area contributed by atoms with Crippen LogP contribution in [-0.4, -0.2) is 31.0 Å². The van der Waals surface area contributed by atoms with Gasteiger partial charge in [0.15, 0.2) is 0 Å². The number of rotatable bonds is 5. The van der Waals surface area contributed by atoms with Gasteiger partial charge in [0.1, 0.15) is 0 Å². The average Bonchev–Trinajstić information content (AvgIpc) is 1.98. The summed E-state index contributed by atoms with van der Waals surface area (Å²) in [6.07, 6.45) is 0. The zero-order valence-corrected chi connectivity index (χ0v) is 9.76. The molecule has 12 heavy (non-hydrogen) atoms. The highest BCUT2D eigenvalue weighted by Gasteiger charge is 2.24. The van der Waals surface area contributed by atoms with Gasteiger partial charge in [0.05, 0.1) is 0 Å². The summed E-state index contributed by atoms with van der Waals surface area (Å²) in [4.78, 5) is 0. The van der Waals surface area contributed by atoms with Crippen LogP contribution < -0.4 is 0 Å². The predicted molar refractivity (Wildman–Crippen MR) is 53.0 cm³/mol. The van der Waals surface area contributed by atoms with E-state index in [9.17, 15) is 0 Å². The van der Waals surface area contributed by atoms with Gasteiger partial charge in [0.2, 0.25) is 0 Å². The van der Waals surface area contributed by atoms with Crippen LogP contribution >= 0.6 is 8.53 Å². The fourth-order valence-corrected chi connectivity index (χ4v) is 2.52. The summed E-state index contributed by atoms with van der Waals surface area (Å²) < 4.78 is 12.7. The van der Waals surface area contributed by atoms with E-state index < -0.39 is 8.53 Å². The Bertz CT molecular complexity index is 108. The summed E-state index contributed by atoms with van der Waals surface area (Å²) in [7, 11) is 2.51. The van der Waals surface area contributed by atoms with Crippen LogP contribution in [0, 0.1) is 0 Å². The first kappa shape index (κ1) is 12.3. The van der Waals surface area contributed by atoms with E-state index in [-0.39, 0.29) is 0 Å². The van der Waals surface area contributed by atoms with Crippen molar-refractivity contribution >= 4 is 8.53 Å². The van der Waals surface area contributed by atoms with Gasteiger partial charge in [-0.1, -0.05) is 0 Å². The van der Waals surface area contributed by atoms with Crippen molar-refractivity contribution in [1.82, 2.24) is 4.67 Å². The monoisotopic (exact) mass is 193 g/mol. The summed E-state index contributed by atoms with van der Waals surface area (Å²) in [5, 5.41) is 0. The molecule has 0 aromatic carbocycles. The summed E-state index contributed by atoms with van der Waals surface area (Å²) >= 11 is 0. The summed E-state index contributed by atoms with van der Waals surface area (Å²) in [5.41, 5.74) is 0. The highest BCUT2D eigenvalue weighted by atomic mass is 31.2. The van der Waals surface area contributed by atoms with Gasteiger partial charge < -0.3 is 9.05 Å². The molecular weight excluding hydrogens is 173 g/mol. The predicted octanol–water partition coefficient (Wildman–Crippen LogP) is 2.62. The lowest BCUT2D eigenvalue weighted by Crippen LogP contribution is -2.33. The molecule has 0 aliphatic carbocycles. The Labute approximate surface area is 77.0 Å². The second-order valence-electron chi connectivity index (χ2n) is 3.17. The number of nitrogens with zero attached hydrogens (tertiary/aromatic N) is 1. The Morgan fingerprint density at radius 2 is 1.25 bits per heavy atom. The lowest BCUT2D eigenvalue weighted by atomic mass is 10.3. The van der Waals surface area contributed by atoms with Gasteiger partial charge in [-0.3, -0.25) is 0 Å². The lowest BCUT2D eigenvalue weighted by molar-refractivity contribution is 0.218. The molecule has 4 heteroatoms. The van der Waals surface area contributed by atoms with Crippen molar-refractivity contribution in [2.45, 2.75) is 39.8 Å². The Morgan fingerprint density at radius 1 is 0.917 bits per heavy atom. The first-order valence-corrected chi connectivity index (χ1v) is 5.34. The first-order chi connectivity index (χ1) is 5.54. The van der Waals surface area contributed by atoms with Crippen molar-refractivity contribution in [3.63, 3.8) is 0 Å². The molecule has 0 aliphatic rings. The topological polar surface area (TPSA) is 21.7 Å². The minimum atomic E-state index is -0.865. The molecule has 3 nitrogen and oxygen atoms in total. The van der Waals surface area contributed by atoms with Gasteiger partial charge >= 0.3 is 0 Å². The zero-order valence-electron chi connectivity index (χ0n) is 8.87. The Hall–Kier alpha value is 0.310. The van der Waals surface area contributed by atoms with E-state index in [2.05, 4.69) is 32.4 Å². The fraction of sp³-hybridized carbons (Fsp3) is 1.00. The van der Waals surface area contributed by atoms with E-state index in [0.29, 0.717) is 12.1 Å². The smallest absolute Gasteiger partial charge is 0.258 e. The first-order valence-electron chi connectivity index (χ1n) is 4.21. The maximum absolute atomic E-state index is 5.25. The molecule has 0 aromatic rings. The van der Waals surface area contributed by atoms with Crippen molar-refractivity contribution < 1.29 is 9.05 Å². The molecule has 0 atom stereocenters. The molecule has 0 aromatic heterocycles. The van der Waals surface area contributed by atoms with Gasteiger partial charge in [0, 0.05) is 26.3 Å². The van der Waals surface area contributed by atoms with Crippen molar-refractivity contribution in [3.8, 4) is 0 Å². The van der Waals surface area contributed by atoms with Gasteiger partial charge in [-0.15, -0.1) is 0 Å². The van der Waals surface area contributed by atoms with Crippen LogP contribution in [0.15, 0.2) is 0 Å². The standard InChI is InChI=1S/C8H20NO2P/c1-7(2)9(8(3)4)12(10-5)11-6/h7-8H,1-6H3. The SMILES string of the molecule is COP(OC)N(C(C)C)C(C)C. The minimum absolute atomic E-state index is 0.455. The van der Waals surface area contributed by atoms with Crippen LogP contribution in [0.3, 0.4) is 0 Å². The summed E-state index contributed by atoms with van der Waals surface area (Å²) in [5.74, 6) is 0. The van der Waals surface area contributed by atoms with Crippen LogP contribution in [0.1, 0.15) is 27.7 Å². The van der Waals surface area contributed by atoms with Crippen LogP contribution in [0.5, 0.6) is 0 Å². The maximum atomic E-state index is 5.25. The average molecular weight is 193 g/mol. The molecule has 0 spiro atoms. The molecule has 0 unspecified atom stereocenters. The normalized spacial score (nSPS) is 12.5. The third-order valence-electron chi connectivity index (χ3n) is 1.56. The second kappa shape index (κ2) is 5.87. The molecule has 0 saturated carbocycles. The van der Waals surface area contributed by atoms with Gasteiger partial charge in [-0.25, -0.2) is 4.67 Å². The van der Waals surface area contributed by atoms with Crippen LogP contribution in [-0.2, 0) is 9.05 Å². The maximum Gasteiger partial charge on any atom is 0.258 e. The fourth-order valence-electron chi connectivity index (χ4n) is 1.24.